The van der Waals surface area contributed by atoms with Crippen molar-refractivity contribution in [2.24, 2.45) is 0 Å². The average molecular weight is 184 g/mol. The maximum Gasteiger partial charge on any atom is 0.163 e. The molecule has 1 rings (SSSR count). The molecule has 1 saturated heterocycles. The lowest BCUT2D eigenvalue weighted by Gasteiger charge is -2.15. The van der Waals surface area contributed by atoms with E-state index in [1.165, 1.54) is 12.8 Å². The second-order valence-electron chi connectivity index (χ2n) is 3.94. The van der Waals surface area contributed by atoms with Crippen molar-refractivity contribution >= 4 is 0 Å². The summed E-state index contributed by atoms with van der Waals surface area (Å²) in [5.74, 6) is -0.389. The van der Waals surface area contributed by atoms with E-state index in [0.717, 1.165) is 6.42 Å². The Balaban J connectivity index is 2.20. The van der Waals surface area contributed by atoms with E-state index >= 15 is 0 Å². The molecule has 1 heterocycles. The maximum atomic E-state index is 5.62. The first-order valence-corrected chi connectivity index (χ1v) is 5.12. The molecule has 2 nitrogen and oxygen atoms in total. The van der Waals surface area contributed by atoms with Gasteiger partial charge >= 0.3 is 0 Å². The quantitative estimate of drug-likeness (QED) is 0.494. The van der Waals surface area contributed by atoms with Gasteiger partial charge < -0.3 is 9.47 Å². The Kier molecular flexibility index (Phi) is 3.94. The first-order chi connectivity index (χ1) is 6.14. The highest BCUT2D eigenvalue weighted by Gasteiger charge is 2.30. The fourth-order valence-corrected chi connectivity index (χ4v) is 1.38. The third-order valence-electron chi connectivity index (χ3n) is 2.11. The van der Waals surface area contributed by atoms with Gasteiger partial charge in [-0.15, -0.1) is 0 Å². The highest BCUT2D eigenvalue weighted by Crippen LogP contribution is 2.22. The van der Waals surface area contributed by atoms with Gasteiger partial charge in [-0.2, -0.15) is 0 Å². The summed E-state index contributed by atoms with van der Waals surface area (Å²) in [7, 11) is 0. The molecule has 1 atom stereocenters. The van der Waals surface area contributed by atoms with Gasteiger partial charge in [0.2, 0.25) is 0 Å². The fourth-order valence-electron chi connectivity index (χ4n) is 1.38. The van der Waals surface area contributed by atoms with Crippen LogP contribution in [0.4, 0.5) is 0 Å². The molecule has 0 aromatic carbocycles. The van der Waals surface area contributed by atoms with Crippen molar-refractivity contribution in [1.29, 1.82) is 0 Å². The Hall–Kier alpha value is -0.340. The van der Waals surface area contributed by atoms with E-state index in [2.05, 4.69) is 19.1 Å². The molecule has 0 saturated carbocycles. The minimum atomic E-state index is -0.389. The lowest BCUT2D eigenvalue weighted by atomic mass is 10.2. The standard InChI is InChI=1S/C11H20O2/c1-4-5-6-7-8-10-9-12-11(2,3)13-10/h7-8,10H,4-6,9H2,1-3H3. The van der Waals surface area contributed by atoms with Crippen molar-refractivity contribution in [1.82, 2.24) is 0 Å². The minimum Gasteiger partial charge on any atom is -0.347 e. The van der Waals surface area contributed by atoms with Crippen LogP contribution >= 0.6 is 0 Å². The van der Waals surface area contributed by atoms with Gasteiger partial charge in [-0.05, 0) is 20.3 Å². The monoisotopic (exact) mass is 184 g/mol. The third kappa shape index (κ3) is 3.92. The minimum absolute atomic E-state index is 0.159. The molecule has 13 heavy (non-hydrogen) atoms. The molecule has 1 fully saturated rings. The molecule has 0 spiro atoms. The van der Waals surface area contributed by atoms with E-state index < -0.39 is 0 Å². The number of rotatable bonds is 4. The van der Waals surface area contributed by atoms with E-state index in [4.69, 9.17) is 9.47 Å². The van der Waals surface area contributed by atoms with Crippen LogP contribution < -0.4 is 0 Å². The van der Waals surface area contributed by atoms with Crippen LogP contribution in [0.1, 0.15) is 40.0 Å². The Morgan fingerprint density at radius 1 is 1.46 bits per heavy atom. The molecule has 1 aliphatic heterocycles. The molecule has 0 aromatic rings. The van der Waals surface area contributed by atoms with Crippen LogP contribution in [0.5, 0.6) is 0 Å². The van der Waals surface area contributed by atoms with Crippen LogP contribution in [0, 0.1) is 0 Å². The van der Waals surface area contributed by atoms with Crippen molar-refractivity contribution in [3.63, 3.8) is 0 Å². The third-order valence-corrected chi connectivity index (χ3v) is 2.11. The Morgan fingerprint density at radius 2 is 2.23 bits per heavy atom. The van der Waals surface area contributed by atoms with Gasteiger partial charge in [-0.1, -0.05) is 31.9 Å². The Labute approximate surface area is 80.9 Å². The number of ether oxygens (including phenoxy) is 2. The zero-order valence-corrected chi connectivity index (χ0v) is 8.88. The van der Waals surface area contributed by atoms with Gasteiger partial charge in [-0.3, -0.25) is 0 Å². The van der Waals surface area contributed by atoms with Crippen molar-refractivity contribution < 1.29 is 9.47 Å². The summed E-state index contributed by atoms with van der Waals surface area (Å²) in [6.45, 7) is 6.79. The molecule has 0 aromatic heterocycles. The summed E-state index contributed by atoms with van der Waals surface area (Å²) in [6.07, 6.45) is 8.12. The first kappa shape index (κ1) is 10.7. The van der Waals surface area contributed by atoms with Crippen molar-refractivity contribution in [3.05, 3.63) is 12.2 Å². The van der Waals surface area contributed by atoms with Gasteiger partial charge in [-0.25, -0.2) is 0 Å². The summed E-state index contributed by atoms with van der Waals surface area (Å²) in [5, 5.41) is 0. The van der Waals surface area contributed by atoms with E-state index in [9.17, 15) is 0 Å². The summed E-state index contributed by atoms with van der Waals surface area (Å²) in [6, 6.07) is 0. The van der Waals surface area contributed by atoms with Crippen molar-refractivity contribution in [2.75, 3.05) is 6.61 Å². The topological polar surface area (TPSA) is 18.5 Å². The van der Waals surface area contributed by atoms with Gasteiger partial charge in [0.05, 0.1) is 6.61 Å². The normalized spacial score (nSPS) is 27.2. The predicted octanol–water partition coefficient (Wildman–Crippen LogP) is 2.88. The van der Waals surface area contributed by atoms with E-state index in [1.807, 2.05) is 13.8 Å². The SMILES string of the molecule is CCCCC=CC1COC(C)(C)O1. The molecule has 76 valence electrons. The Morgan fingerprint density at radius 3 is 2.77 bits per heavy atom. The second-order valence-corrected chi connectivity index (χ2v) is 3.94. The molecule has 0 radical (unpaired) electrons. The van der Waals surface area contributed by atoms with E-state index in [-0.39, 0.29) is 11.9 Å². The zero-order valence-electron chi connectivity index (χ0n) is 8.88. The first-order valence-electron chi connectivity index (χ1n) is 5.12. The maximum absolute atomic E-state index is 5.62. The predicted molar refractivity (Wildman–Crippen MR) is 53.6 cm³/mol. The number of hydrogen-bond donors (Lipinski definition) is 0. The molecule has 1 aliphatic rings. The van der Waals surface area contributed by atoms with Gasteiger partial charge in [0.1, 0.15) is 6.10 Å². The van der Waals surface area contributed by atoms with Gasteiger partial charge in [0, 0.05) is 0 Å². The Bertz CT molecular complexity index is 173. The molecule has 0 aliphatic carbocycles. The van der Waals surface area contributed by atoms with E-state index in [1.54, 1.807) is 0 Å². The average Bonchev–Trinajstić information content (AvgIpc) is 2.40. The summed E-state index contributed by atoms with van der Waals surface area (Å²) in [4.78, 5) is 0. The molecular weight excluding hydrogens is 164 g/mol. The summed E-state index contributed by atoms with van der Waals surface area (Å²) < 4.78 is 11.1. The lowest BCUT2D eigenvalue weighted by molar-refractivity contribution is -0.133. The second kappa shape index (κ2) is 4.77. The number of unbranched alkanes of at least 4 members (excludes halogenated alkanes) is 2. The van der Waals surface area contributed by atoms with Crippen LogP contribution in [-0.4, -0.2) is 18.5 Å². The van der Waals surface area contributed by atoms with Gasteiger partial charge in [0.25, 0.3) is 0 Å². The highest BCUT2D eigenvalue weighted by molar-refractivity contribution is 4.92. The molecule has 1 unspecified atom stereocenters. The zero-order chi connectivity index (χ0) is 9.73. The lowest BCUT2D eigenvalue weighted by Crippen LogP contribution is -2.20. The van der Waals surface area contributed by atoms with Crippen molar-refractivity contribution in [3.8, 4) is 0 Å². The van der Waals surface area contributed by atoms with Crippen molar-refractivity contribution in [2.45, 2.75) is 51.9 Å². The number of hydrogen-bond acceptors (Lipinski definition) is 2. The van der Waals surface area contributed by atoms with E-state index in [0.29, 0.717) is 6.61 Å². The van der Waals surface area contributed by atoms with Crippen LogP contribution in [0.3, 0.4) is 0 Å². The largest absolute Gasteiger partial charge is 0.347 e. The molecular formula is C11H20O2. The van der Waals surface area contributed by atoms with Crippen LogP contribution in [0.2, 0.25) is 0 Å². The van der Waals surface area contributed by atoms with Crippen LogP contribution in [-0.2, 0) is 9.47 Å². The summed E-state index contributed by atoms with van der Waals surface area (Å²) >= 11 is 0. The highest BCUT2D eigenvalue weighted by atomic mass is 16.7. The van der Waals surface area contributed by atoms with Crippen LogP contribution in [0.15, 0.2) is 12.2 Å². The summed E-state index contributed by atoms with van der Waals surface area (Å²) in [5.41, 5.74) is 0. The molecule has 0 N–H and O–H groups in total. The van der Waals surface area contributed by atoms with Gasteiger partial charge in [0.15, 0.2) is 5.79 Å². The smallest absolute Gasteiger partial charge is 0.163 e. The molecule has 0 bridgehead atoms. The van der Waals surface area contributed by atoms with Crippen LogP contribution in [0.25, 0.3) is 0 Å². The number of allylic oxidation sites excluding steroid dienone is 1. The fraction of sp³-hybridized carbons (Fsp3) is 0.818. The molecule has 0 amide bonds. The molecule has 2 heteroatoms.